The lowest BCUT2D eigenvalue weighted by Gasteiger charge is -2.10. The molecule has 0 aliphatic rings. The van der Waals surface area contributed by atoms with E-state index in [1.165, 1.54) is 5.32 Å². The summed E-state index contributed by atoms with van der Waals surface area (Å²) in [5.41, 5.74) is -0.585. The van der Waals surface area contributed by atoms with Crippen molar-refractivity contribution >= 4 is 49.2 Å². The van der Waals surface area contributed by atoms with E-state index in [4.69, 9.17) is 10.7 Å². The first-order valence-electron chi connectivity index (χ1n) is 3.91. The summed E-state index contributed by atoms with van der Waals surface area (Å²) < 4.78 is 49.4. The number of halogens is 6. The maximum Gasteiger partial charge on any atom is 0.471 e. The van der Waals surface area contributed by atoms with Crippen LogP contribution >= 0.6 is 37.6 Å². The van der Waals surface area contributed by atoms with E-state index in [1.54, 1.807) is 0 Å². The van der Waals surface area contributed by atoms with Gasteiger partial charge in [-0.05, 0) is 49.7 Å². The summed E-state index contributed by atoms with van der Waals surface area (Å²) >= 11 is 2.97. The van der Waals surface area contributed by atoms with E-state index in [0.29, 0.717) is 11.0 Å². The molecule has 0 spiro atoms. The number of carbonyl (C=O) groups excluding carboxylic acids is 1. The van der Waals surface area contributed by atoms with Crippen molar-refractivity contribution in [3.8, 4) is 0 Å². The molecule has 0 saturated heterocycles. The number of rotatable bonds is 2. The zero-order chi connectivity index (χ0) is 13.2. The normalized spacial score (nSPS) is 11.4. The van der Waals surface area contributed by atoms with Gasteiger partial charge in [0.25, 0.3) is 0 Å². The predicted molar refractivity (Wildman–Crippen MR) is 60.5 cm³/mol. The van der Waals surface area contributed by atoms with Gasteiger partial charge in [0.05, 0.1) is 5.69 Å². The number of anilines is 1. The monoisotopic (exact) mass is 351 g/mol. The molecule has 17 heavy (non-hydrogen) atoms. The van der Waals surface area contributed by atoms with Crippen LogP contribution in [0.1, 0.15) is 0 Å². The molecule has 0 fully saturated rings. The van der Waals surface area contributed by atoms with Gasteiger partial charge in [0, 0.05) is 9.37 Å². The van der Waals surface area contributed by atoms with E-state index in [0.717, 1.165) is 12.1 Å². The molecule has 2 nitrogen and oxygen atoms in total. The molecule has 1 N–H and O–H groups in total. The van der Waals surface area contributed by atoms with Crippen molar-refractivity contribution in [1.82, 2.24) is 0 Å². The van der Waals surface area contributed by atoms with Crippen molar-refractivity contribution in [3.63, 3.8) is 0 Å². The fourth-order valence-electron chi connectivity index (χ4n) is 0.877. The molecule has 0 aliphatic heterocycles. The summed E-state index contributed by atoms with van der Waals surface area (Å²) in [4.78, 5) is 10.9. The Hall–Kier alpha value is -0.470. The Morgan fingerprint density at radius 1 is 1.41 bits per heavy atom. The van der Waals surface area contributed by atoms with Crippen molar-refractivity contribution in [2.75, 3.05) is 5.32 Å². The highest BCUT2D eigenvalue weighted by Crippen LogP contribution is 2.34. The van der Waals surface area contributed by atoms with Gasteiger partial charge in [-0.1, -0.05) is 0 Å². The third kappa shape index (κ3) is 3.75. The molecule has 1 amide bonds. The fraction of sp³-hybridized carbons (Fsp3) is 0.125. The third-order valence-electron chi connectivity index (χ3n) is 1.61. The van der Waals surface area contributed by atoms with Crippen LogP contribution < -0.4 is 5.32 Å². The Balaban J connectivity index is 3.03. The maximum absolute atomic E-state index is 13.3. The molecule has 0 radical (unpaired) electrons. The van der Waals surface area contributed by atoms with Gasteiger partial charge in [0.15, 0.2) is 0 Å². The van der Waals surface area contributed by atoms with Crippen LogP contribution in [0.2, 0.25) is 0 Å². The van der Waals surface area contributed by atoms with Gasteiger partial charge in [-0.2, -0.15) is 13.2 Å². The summed E-state index contributed by atoms with van der Waals surface area (Å²) in [6.07, 6.45) is -5.08. The van der Waals surface area contributed by atoms with Crippen LogP contribution in [0.15, 0.2) is 21.5 Å². The fourth-order valence-corrected chi connectivity index (χ4v) is 2.39. The molecule has 0 aliphatic carbocycles. The molecular weight excluding hydrogens is 350 g/mol. The average Bonchev–Trinajstić information content (AvgIpc) is 2.20. The zero-order valence-electron chi connectivity index (χ0n) is 7.74. The molecule has 0 bridgehead atoms. The molecule has 1 rings (SSSR count). The Labute approximate surface area is 110 Å². The van der Waals surface area contributed by atoms with Crippen molar-refractivity contribution < 1.29 is 22.4 Å². The van der Waals surface area contributed by atoms with Crippen molar-refractivity contribution in [2.45, 2.75) is 11.1 Å². The Morgan fingerprint density at radius 3 is 2.47 bits per heavy atom. The first kappa shape index (κ1) is 14.6. The Morgan fingerprint density at radius 2 is 2.00 bits per heavy atom. The molecule has 0 saturated carbocycles. The SMILES string of the molecule is O=C(Nc1cc(SCl)c(Br)cc1F)C(F)(F)F. The Bertz CT molecular complexity index is 454. The molecule has 1 aromatic carbocycles. The molecule has 0 aromatic heterocycles. The van der Waals surface area contributed by atoms with Gasteiger partial charge in [-0.3, -0.25) is 4.79 Å². The van der Waals surface area contributed by atoms with Crippen molar-refractivity contribution in [2.24, 2.45) is 0 Å². The van der Waals surface area contributed by atoms with Gasteiger partial charge in [0.2, 0.25) is 0 Å². The largest absolute Gasteiger partial charge is 0.471 e. The van der Waals surface area contributed by atoms with Gasteiger partial charge in [-0.25, -0.2) is 4.39 Å². The minimum atomic E-state index is -5.08. The zero-order valence-corrected chi connectivity index (χ0v) is 10.9. The second-order valence-corrected chi connectivity index (χ2v) is 4.70. The second kappa shape index (κ2) is 5.45. The summed E-state index contributed by atoms with van der Waals surface area (Å²) in [6, 6.07) is 1.91. The number of nitrogens with one attached hydrogen (secondary N) is 1. The van der Waals surface area contributed by atoms with Crippen LogP contribution in [0.3, 0.4) is 0 Å². The molecule has 0 atom stereocenters. The average molecular weight is 353 g/mol. The summed E-state index contributed by atoms with van der Waals surface area (Å²) in [7, 11) is 6.09. The van der Waals surface area contributed by atoms with E-state index >= 15 is 0 Å². The standard InChI is InChI=1S/C8H3BrClF4NOS/c9-3-1-4(11)5(2-6(3)17-10)15-7(16)8(12,13)14/h1-2H,(H,15,16). The molecule has 94 valence electrons. The number of hydrogen-bond acceptors (Lipinski definition) is 2. The van der Waals surface area contributed by atoms with Gasteiger partial charge < -0.3 is 5.32 Å². The molecule has 1 aromatic rings. The summed E-state index contributed by atoms with van der Waals surface area (Å²) in [6.45, 7) is 0. The molecule has 0 heterocycles. The second-order valence-electron chi connectivity index (χ2n) is 2.79. The first-order valence-corrected chi connectivity index (χ1v) is 6.35. The van der Waals surface area contributed by atoms with Crippen LogP contribution in [0.5, 0.6) is 0 Å². The van der Waals surface area contributed by atoms with E-state index in [-0.39, 0.29) is 9.37 Å². The highest BCUT2D eigenvalue weighted by atomic mass is 79.9. The van der Waals surface area contributed by atoms with Crippen LogP contribution in [0.4, 0.5) is 23.2 Å². The number of benzene rings is 1. The molecular formula is C8H3BrClF4NOS. The van der Waals surface area contributed by atoms with Gasteiger partial charge in [0.1, 0.15) is 5.82 Å². The third-order valence-corrected chi connectivity index (χ3v) is 3.53. The predicted octanol–water partition coefficient (Wildman–Crippen LogP) is 4.33. The van der Waals surface area contributed by atoms with Gasteiger partial charge in [-0.15, -0.1) is 0 Å². The molecule has 0 unspecified atom stereocenters. The van der Waals surface area contributed by atoms with Crippen LogP contribution in [-0.4, -0.2) is 12.1 Å². The smallest absolute Gasteiger partial charge is 0.316 e. The number of carbonyl (C=O) groups is 1. The number of hydrogen-bond donors (Lipinski definition) is 1. The minimum absolute atomic E-state index is 0.278. The summed E-state index contributed by atoms with van der Waals surface area (Å²) in [5.74, 6) is -3.24. The van der Waals surface area contributed by atoms with Crippen LogP contribution in [0.25, 0.3) is 0 Å². The first-order chi connectivity index (χ1) is 7.75. The maximum atomic E-state index is 13.3. The number of alkyl halides is 3. The highest BCUT2D eigenvalue weighted by molar-refractivity contribution is 9.10. The topological polar surface area (TPSA) is 29.1 Å². The lowest BCUT2D eigenvalue weighted by Crippen LogP contribution is -2.30. The van der Waals surface area contributed by atoms with Gasteiger partial charge >= 0.3 is 12.1 Å². The van der Waals surface area contributed by atoms with Crippen molar-refractivity contribution in [3.05, 3.63) is 22.4 Å². The van der Waals surface area contributed by atoms with E-state index < -0.39 is 23.6 Å². The Kier molecular flexibility index (Phi) is 4.68. The van der Waals surface area contributed by atoms with E-state index in [2.05, 4.69) is 15.9 Å². The van der Waals surface area contributed by atoms with Crippen LogP contribution in [-0.2, 0) is 4.79 Å². The highest BCUT2D eigenvalue weighted by Gasteiger charge is 2.39. The van der Waals surface area contributed by atoms with Crippen molar-refractivity contribution in [1.29, 1.82) is 0 Å². The molecule has 9 heteroatoms. The summed E-state index contributed by atoms with van der Waals surface area (Å²) in [5, 5.41) is 1.42. The van der Waals surface area contributed by atoms with Crippen LogP contribution in [0, 0.1) is 5.82 Å². The van der Waals surface area contributed by atoms with E-state index in [1.807, 2.05) is 0 Å². The lowest BCUT2D eigenvalue weighted by atomic mass is 10.3. The van der Waals surface area contributed by atoms with E-state index in [9.17, 15) is 22.4 Å². The quantitative estimate of drug-likeness (QED) is 0.803. The lowest BCUT2D eigenvalue weighted by molar-refractivity contribution is -0.167. The minimum Gasteiger partial charge on any atom is -0.316 e. The number of amides is 1.